The minimum Gasteiger partial charge on any atom is -0.322 e. The maximum atomic E-state index is 12.2. The number of carbonyl (C=O) groups is 1. The maximum absolute atomic E-state index is 12.2. The van der Waals surface area contributed by atoms with Crippen molar-refractivity contribution >= 4 is 50.7 Å². The van der Waals surface area contributed by atoms with Crippen molar-refractivity contribution in [3.63, 3.8) is 0 Å². The van der Waals surface area contributed by atoms with Gasteiger partial charge in [0, 0.05) is 16.4 Å². The zero-order valence-electron chi connectivity index (χ0n) is 10.6. The number of rotatable bonds is 3. The number of halogens is 3. The summed E-state index contributed by atoms with van der Waals surface area (Å²) in [6, 6.07) is 7.20. The standard InChI is InChI=1S/C14H11BrCl2N2O/c1-2-8-5-10(15)3-4-12(8)19-14(20)9-6-11(16)13(17)18-7-9/h3-7H,2H2,1H3,(H,19,20). The molecule has 2 aromatic rings. The predicted molar refractivity (Wildman–Crippen MR) is 85.7 cm³/mol. The van der Waals surface area contributed by atoms with Crippen molar-refractivity contribution in [1.82, 2.24) is 4.98 Å². The van der Waals surface area contributed by atoms with Crippen LogP contribution in [0.15, 0.2) is 34.9 Å². The summed E-state index contributed by atoms with van der Waals surface area (Å²) in [4.78, 5) is 16.0. The number of hydrogen-bond donors (Lipinski definition) is 1. The number of anilines is 1. The zero-order chi connectivity index (χ0) is 14.7. The molecule has 0 saturated heterocycles. The van der Waals surface area contributed by atoms with Gasteiger partial charge in [0.2, 0.25) is 0 Å². The van der Waals surface area contributed by atoms with Gasteiger partial charge in [0.15, 0.2) is 0 Å². The van der Waals surface area contributed by atoms with E-state index in [0.717, 1.165) is 22.1 Å². The monoisotopic (exact) mass is 372 g/mol. The molecule has 0 radical (unpaired) electrons. The highest BCUT2D eigenvalue weighted by Gasteiger charge is 2.11. The van der Waals surface area contributed by atoms with Crippen LogP contribution < -0.4 is 5.32 Å². The molecule has 0 aliphatic carbocycles. The Morgan fingerprint density at radius 2 is 2.10 bits per heavy atom. The lowest BCUT2D eigenvalue weighted by Crippen LogP contribution is -2.13. The molecule has 0 spiro atoms. The summed E-state index contributed by atoms with van der Waals surface area (Å²) in [5, 5.41) is 3.29. The first-order valence-electron chi connectivity index (χ1n) is 5.92. The third kappa shape index (κ3) is 3.51. The summed E-state index contributed by atoms with van der Waals surface area (Å²) in [6.07, 6.45) is 2.21. The molecule has 1 aromatic heterocycles. The molecule has 0 saturated carbocycles. The van der Waals surface area contributed by atoms with E-state index in [2.05, 4.69) is 26.2 Å². The first-order chi connectivity index (χ1) is 9.51. The van der Waals surface area contributed by atoms with Crippen LogP contribution in [0.3, 0.4) is 0 Å². The number of benzene rings is 1. The van der Waals surface area contributed by atoms with Crippen LogP contribution in [0.1, 0.15) is 22.8 Å². The van der Waals surface area contributed by atoms with Gasteiger partial charge in [-0.2, -0.15) is 0 Å². The Bertz CT molecular complexity index is 662. The summed E-state index contributed by atoms with van der Waals surface area (Å²) in [6.45, 7) is 2.03. The van der Waals surface area contributed by atoms with E-state index in [1.165, 1.54) is 12.3 Å². The average molecular weight is 374 g/mol. The van der Waals surface area contributed by atoms with Gasteiger partial charge in [-0.05, 0) is 36.2 Å². The maximum Gasteiger partial charge on any atom is 0.257 e. The van der Waals surface area contributed by atoms with Crippen molar-refractivity contribution in [3.8, 4) is 0 Å². The summed E-state index contributed by atoms with van der Waals surface area (Å²) in [7, 11) is 0. The quantitative estimate of drug-likeness (QED) is 0.772. The third-order valence-electron chi connectivity index (χ3n) is 2.75. The molecule has 2 rings (SSSR count). The van der Waals surface area contributed by atoms with E-state index in [-0.39, 0.29) is 16.1 Å². The van der Waals surface area contributed by atoms with Gasteiger partial charge in [-0.3, -0.25) is 4.79 Å². The molecule has 0 aliphatic heterocycles. The minimum absolute atomic E-state index is 0.182. The van der Waals surface area contributed by atoms with Gasteiger partial charge in [0.25, 0.3) is 5.91 Å². The van der Waals surface area contributed by atoms with Crippen LogP contribution in [0.4, 0.5) is 5.69 Å². The van der Waals surface area contributed by atoms with Crippen molar-refractivity contribution in [2.75, 3.05) is 5.32 Å². The highest BCUT2D eigenvalue weighted by Crippen LogP contribution is 2.23. The van der Waals surface area contributed by atoms with Gasteiger partial charge >= 0.3 is 0 Å². The van der Waals surface area contributed by atoms with Crippen molar-refractivity contribution in [3.05, 3.63) is 56.2 Å². The van der Waals surface area contributed by atoms with Crippen LogP contribution in [0.2, 0.25) is 10.2 Å². The number of aromatic nitrogens is 1. The Balaban J connectivity index is 2.25. The Kier molecular flexibility index (Phi) is 5.02. The van der Waals surface area contributed by atoms with Gasteiger partial charge in [-0.25, -0.2) is 4.98 Å². The smallest absolute Gasteiger partial charge is 0.257 e. The van der Waals surface area contributed by atoms with Crippen molar-refractivity contribution < 1.29 is 4.79 Å². The number of nitrogens with one attached hydrogen (secondary N) is 1. The van der Waals surface area contributed by atoms with E-state index >= 15 is 0 Å². The molecule has 0 unspecified atom stereocenters. The lowest BCUT2D eigenvalue weighted by Gasteiger charge is -2.10. The Labute approximate surface area is 135 Å². The van der Waals surface area contributed by atoms with Crippen molar-refractivity contribution in [2.45, 2.75) is 13.3 Å². The molecule has 0 atom stereocenters. The molecule has 0 fully saturated rings. The van der Waals surface area contributed by atoms with Crippen molar-refractivity contribution in [1.29, 1.82) is 0 Å². The number of amides is 1. The van der Waals surface area contributed by atoms with Crippen LogP contribution in [-0.2, 0) is 6.42 Å². The van der Waals surface area contributed by atoms with E-state index in [9.17, 15) is 4.79 Å². The van der Waals surface area contributed by atoms with Crippen LogP contribution >= 0.6 is 39.1 Å². The molecule has 0 aliphatic rings. The molecule has 104 valence electrons. The number of carbonyl (C=O) groups excluding carboxylic acids is 1. The second-order valence-corrected chi connectivity index (χ2v) is 5.79. The fraction of sp³-hybridized carbons (Fsp3) is 0.143. The zero-order valence-corrected chi connectivity index (χ0v) is 13.7. The van der Waals surface area contributed by atoms with Gasteiger partial charge in [-0.1, -0.05) is 46.1 Å². The van der Waals surface area contributed by atoms with E-state index in [1.807, 2.05) is 25.1 Å². The second-order valence-electron chi connectivity index (χ2n) is 4.11. The molecule has 1 aromatic carbocycles. The predicted octanol–water partition coefficient (Wildman–Crippen LogP) is 4.97. The lowest BCUT2D eigenvalue weighted by atomic mass is 10.1. The average Bonchev–Trinajstić information content (AvgIpc) is 2.43. The molecule has 1 N–H and O–H groups in total. The highest BCUT2D eigenvalue weighted by atomic mass is 79.9. The molecular formula is C14H11BrCl2N2O. The Morgan fingerprint density at radius 3 is 2.75 bits per heavy atom. The molecule has 3 nitrogen and oxygen atoms in total. The number of nitrogens with zero attached hydrogens (tertiary/aromatic N) is 1. The summed E-state index contributed by atoms with van der Waals surface area (Å²) >= 11 is 15.0. The van der Waals surface area contributed by atoms with Gasteiger partial charge in [0.05, 0.1) is 10.6 Å². The fourth-order valence-corrected chi connectivity index (χ4v) is 2.39. The van der Waals surface area contributed by atoms with E-state index in [4.69, 9.17) is 23.2 Å². The van der Waals surface area contributed by atoms with E-state index in [1.54, 1.807) is 0 Å². The highest BCUT2D eigenvalue weighted by molar-refractivity contribution is 9.10. The van der Waals surface area contributed by atoms with Crippen molar-refractivity contribution in [2.24, 2.45) is 0 Å². The summed E-state index contributed by atoms with van der Waals surface area (Å²) in [5.41, 5.74) is 2.18. The first-order valence-corrected chi connectivity index (χ1v) is 7.47. The van der Waals surface area contributed by atoms with Crippen LogP contribution in [0, 0.1) is 0 Å². The van der Waals surface area contributed by atoms with E-state index < -0.39 is 0 Å². The fourth-order valence-electron chi connectivity index (χ4n) is 1.72. The van der Waals surface area contributed by atoms with Gasteiger partial charge in [-0.15, -0.1) is 0 Å². The molecular weight excluding hydrogens is 363 g/mol. The second kappa shape index (κ2) is 6.57. The van der Waals surface area contributed by atoms with E-state index in [0.29, 0.717) is 5.56 Å². The molecule has 1 heterocycles. The van der Waals surface area contributed by atoms with Gasteiger partial charge < -0.3 is 5.32 Å². The van der Waals surface area contributed by atoms with Crippen LogP contribution in [0.25, 0.3) is 0 Å². The summed E-state index contributed by atoms with van der Waals surface area (Å²) in [5.74, 6) is -0.270. The minimum atomic E-state index is -0.270. The molecule has 0 bridgehead atoms. The largest absolute Gasteiger partial charge is 0.322 e. The molecule has 20 heavy (non-hydrogen) atoms. The number of hydrogen-bond acceptors (Lipinski definition) is 2. The Hall–Kier alpha value is -1.10. The molecule has 1 amide bonds. The van der Waals surface area contributed by atoms with Crippen LogP contribution in [-0.4, -0.2) is 10.9 Å². The van der Waals surface area contributed by atoms with Gasteiger partial charge in [0.1, 0.15) is 5.15 Å². The topological polar surface area (TPSA) is 42.0 Å². The SMILES string of the molecule is CCc1cc(Br)ccc1NC(=O)c1cnc(Cl)c(Cl)c1. The normalized spacial score (nSPS) is 10.4. The number of aryl methyl sites for hydroxylation is 1. The third-order valence-corrected chi connectivity index (χ3v) is 3.93. The number of pyridine rings is 1. The lowest BCUT2D eigenvalue weighted by molar-refractivity contribution is 0.102. The Morgan fingerprint density at radius 1 is 1.35 bits per heavy atom. The molecule has 6 heteroatoms. The first kappa shape index (κ1) is 15.3. The van der Waals surface area contributed by atoms with Crippen LogP contribution in [0.5, 0.6) is 0 Å². The summed E-state index contributed by atoms with van der Waals surface area (Å²) < 4.78 is 0.976.